The lowest BCUT2D eigenvalue weighted by Crippen LogP contribution is -2.57. The maximum absolute atomic E-state index is 13.7. The molecule has 0 spiro atoms. The molecule has 10 heteroatoms. The van der Waals surface area contributed by atoms with Crippen LogP contribution >= 0.6 is 11.6 Å². The number of amides is 1. The van der Waals surface area contributed by atoms with E-state index in [0.29, 0.717) is 21.9 Å². The van der Waals surface area contributed by atoms with Crippen LogP contribution < -0.4 is 9.47 Å². The summed E-state index contributed by atoms with van der Waals surface area (Å²) in [4.78, 5) is 12.5. The fraction of sp³-hybridized carbons (Fsp3) is 0.300. The highest BCUT2D eigenvalue weighted by atomic mass is 35.5. The highest BCUT2D eigenvalue weighted by Crippen LogP contribution is 2.41. The molecule has 30 heavy (non-hydrogen) atoms. The molecule has 0 bridgehead atoms. The van der Waals surface area contributed by atoms with Crippen molar-refractivity contribution in [1.82, 2.24) is 5.01 Å². The number of nitrogens with zero attached hydrogens (tertiary/aromatic N) is 2. The Balaban J connectivity index is 1.86. The van der Waals surface area contributed by atoms with Crippen molar-refractivity contribution in [3.8, 4) is 11.5 Å². The van der Waals surface area contributed by atoms with Crippen molar-refractivity contribution in [1.29, 1.82) is 0 Å². The van der Waals surface area contributed by atoms with E-state index in [9.17, 15) is 23.1 Å². The minimum Gasteiger partial charge on any atom is -0.497 e. The molecule has 1 atom stereocenters. The van der Waals surface area contributed by atoms with E-state index in [1.165, 1.54) is 31.4 Å². The summed E-state index contributed by atoms with van der Waals surface area (Å²) in [5.41, 5.74) is -2.62. The predicted molar refractivity (Wildman–Crippen MR) is 104 cm³/mol. The zero-order valence-corrected chi connectivity index (χ0v) is 16.8. The van der Waals surface area contributed by atoms with Gasteiger partial charge in [-0.2, -0.15) is 23.3 Å². The Morgan fingerprint density at radius 2 is 2.00 bits per heavy atom. The van der Waals surface area contributed by atoms with Crippen molar-refractivity contribution in [3.63, 3.8) is 0 Å². The van der Waals surface area contributed by atoms with E-state index in [1.807, 2.05) is 0 Å². The van der Waals surface area contributed by atoms with E-state index < -0.39 is 30.8 Å². The second-order valence-electron chi connectivity index (χ2n) is 6.68. The van der Waals surface area contributed by atoms with E-state index >= 15 is 0 Å². The molecule has 1 aliphatic rings. The number of carbonyl (C=O) groups excluding carboxylic acids is 1. The summed E-state index contributed by atoms with van der Waals surface area (Å²) in [6, 6.07) is 10.7. The molecule has 2 aromatic carbocycles. The van der Waals surface area contributed by atoms with Gasteiger partial charge in [0.25, 0.3) is 11.6 Å². The number of carbonyl (C=O) groups is 1. The Morgan fingerprint density at radius 1 is 1.27 bits per heavy atom. The number of benzene rings is 2. The quantitative estimate of drug-likeness (QED) is 0.761. The molecule has 0 saturated carbocycles. The van der Waals surface area contributed by atoms with Crippen molar-refractivity contribution in [3.05, 3.63) is 58.6 Å². The van der Waals surface area contributed by atoms with E-state index in [1.54, 1.807) is 25.1 Å². The highest BCUT2D eigenvalue weighted by molar-refractivity contribution is 6.31. The van der Waals surface area contributed by atoms with Crippen LogP contribution in [0.15, 0.2) is 47.6 Å². The third-order valence-corrected chi connectivity index (χ3v) is 4.99. The molecule has 1 aliphatic heterocycles. The van der Waals surface area contributed by atoms with Gasteiger partial charge in [0.2, 0.25) is 0 Å². The van der Waals surface area contributed by atoms with Crippen LogP contribution in [-0.4, -0.2) is 47.4 Å². The van der Waals surface area contributed by atoms with Gasteiger partial charge in [-0.3, -0.25) is 4.79 Å². The normalized spacial score (nSPS) is 18.9. The third kappa shape index (κ3) is 4.22. The van der Waals surface area contributed by atoms with Gasteiger partial charge < -0.3 is 14.6 Å². The van der Waals surface area contributed by atoms with Crippen LogP contribution in [0, 0.1) is 6.92 Å². The number of aliphatic hydroxyl groups is 1. The van der Waals surface area contributed by atoms with Crippen LogP contribution in [-0.2, 0) is 4.79 Å². The molecule has 0 aliphatic carbocycles. The molecular weight excluding hydrogens is 425 g/mol. The summed E-state index contributed by atoms with van der Waals surface area (Å²) in [7, 11) is 1.41. The van der Waals surface area contributed by atoms with Crippen molar-refractivity contribution >= 4 is 23.2 Å². The first-order chi connectivity index (χ1) is 14.0. The monoisotopic (exact) mass is 442 g/mol. The first-order valence-electron chi connectivity index (χ1n) is 8.78. The molecule has 1 heterocycles. The number of aryl methyl sites for hydroxylation is 1. The Bertz CT molecular complexity index is 996. The number of halogens is 4. The van der Waals surface area contributed by atoms with Gasteiger partial charge in [-0.25, -0.2) is 0 Å². The summed E-state index contributed by atoms with van der Waals surface area (Å²) in [6.07, 6.45) is -6.06. The fourth-order valence-corrected chi connectivity index (χ4v) is 3.02. The Hall–Kier alpha value is -2.78. The van der Waals surface area contributed by atoms with Gasteiger partial charge in [0.05, 0.1) is 19.2 Å². The Labute approximate surface area is 175 Å². The minimum absolute atomic E-state index is 0.0323. The highest BCUT2D eigenvalue weighted by Gasteiger charge is 2.63. The first-order valence-corrected chi connectivity index (χ1v) is 9.16. The first kappa shape index (κ1) is 21.9. The second-order valence-corrected chi connectivity index (χ2v) is 7.08. The maximum atomic E-state index is 13.7. The van der Waals surface area contributed by atoms with Crippen molar-refractivity contribution in [2.45, 2.75) is 25.2 Å². The van der Waals surface area contributed by atoms with Gasteiger partial charge in [0, 0.05) is 10.6 Å². The van der Waals surface area contributed by atoms with Crippen molar-refractivity contribution in [2.24, 2.45) is 5.10 Å². The molecule has 0 aromatic heterocycles. The number of hydrazone groups is 1. The molecule has 0 radical (unpaired) electrons. The number of alkyl halides is 3. The number of hydrogen-bond acceptors (Lipinski definition) is 5. The average Bonchev–Trinajstić information content (AvgIpc) is 3.08. The van der Waals surface area contributed by atoms with Crippen LogP contribution in [0.25, 0.3) is 0 Å². The second kappa shape index (κ2) is 8.16. The summed E-state index contributed by atoms with van der Waals surface area (Å²) < 4.78 is 51.3. The Kier molecular flexibility index (Phi) is 5.96. The lowest BCUT2D eigenvalue weighted by atomic mass is 10.0. The van der Waals surface area contributed by atoms with Gasteiger partial charge in [0.1, 0.15) is 11.5 Å². The maximum Gasteiger partial charge on any atom is 0.438 e. The van der Waals surface area contributed by atoms with E-state index in [-0.39, 0.29) is 16.5 Å². The standard InChI is InChI=1S/C20H18ClF3N2O4/c1-12-8-15(6-7-16(12)21)30-11-18(27)26-19(28,20(22,23)24)10-17(25-26)13-4-3-5-14(9-13)29-2/h3-9,28H,10-11H2,1-2H3/t19-/m0/s1. The molecule has 0 unspecified atom stereocenters. The SMILES string of the molecule is COc1cccc(C2=NN(C(=O)COc3ccc(Cl)c(C)c3)[C@@](O)(C(F)(F)F)C2)c1. The predicted octanol–water partition coefficient (Wildman–Crippen LogP) is 3.92. The summed E-state index contributed by atoms with van der Waals surface area (Å²) >= 11 is 5.91. The number of rotatable bonds is 5. The molecular formula is C20H18ClF3N2O4. The summed E-state index contributed by atoms with van der Waals surface area (Å²) in [5.74, 6) is -0.505. The topological polar surface area (TPSA) is 71.4 Å². The lowest BCUT2D eigenvalue weighted by Gasteiger charge is -2.32. The van der Waals surface area contributed by atoms with E-state index in [2.05, 4.69) is 5.10 Å². The zero-order chi connectivity index (χ0) is 22.1. The number of hydrogen-bond donors (Lipinski definition) is 1. The molecule has 1 amide bonds. The van der Waals surface area contributed by atoms with Gasteiger partial charge in [-0.15, -0.1) is 0 Å². The largest absolute Gasteiger partial charge is 0.497 e. The molecule has 0 fully saturated rings. The minimum atomic E-state index is -5.14. The lowest BCUT2D eigenvalue weighted by molar-refractivity contribution is -0.302. The van der Waals surface area contributed by atoms with Gasteiger partial charge in [-0.1, -0.05) is 23.7 Å². The van der Waals surface area contributed by atoms with E-state index in [4.69, 9.17) is 21.1 Å². The molecule has 2 aromatic rings. The third-order valence-electron chi connectivity index (χ3n) is 4.57. The fourth-order valence-electron chi connectivity index (χ4n) is 2.91. The zero-order valence-electron chi connectivity index (χ0n) is 16.0. The number of ether oxygens (including phenoxy) is 2. The van der Waals surface area contributed by atoms with Crippen LogP contribution in [0.2, 0.25) is 5.02 Å². The van der Waals surface area contributed by atoms with Crippen LogP contribution in [0.3, 0.4) is 0 Å². The smallest absolute Gasteiger partial charge is 0.438 e. The summed E-state index contributed by atoms with van der Waals surface area (Å²) in [6.45, 7) is 0.957. The molecule has 1 N–H and O–H groups in total. The van der Waals surface area contributed by atoms with Gasteiger partial charge in [0.15, 0.2) is 6.61 Å². The van der Waals surface area contributed by atoms with Gasteiger partial charge in [-0.05, 0) is 42.8 Å². The van der Waals surface area contributed by atoms with E-state index in [0.717, 1.165) is 0 Å². The van der Waals surface area contributed by atoms with Crippen molar-refractivity contribution < 1.29 is 32.5 Å². The van der Waals surface area contributed by atoms with Crippen LogP contribution in [0.1, 0.15) is 17.5 Å². The van der Waals surface area contributed by atoms with Crippen LogP contribution in [0.4, 0.5) is 13.2 Å². The van der Waals surface area contributed by atoms with Gasteiger partial charge >= 0.3 is 6.18 Å². The van der Waals surface area contributed by atoms with Crippen molar-refractivity contribution in [2.75, 3.05) is 13.7 Å². The average molecular weight is 443 g/mol. The molecule has 0 saturated heterocycles. The molecule has 3 rings (SSSR count). The number of methoxy groups -OCH3 is 1. The van der Waals surface area contributed by atoms with Crippen LogP contribution in [0.5, 0.6) is 11.5 Å². The Morgan fingerprint density at radius 3 is 2.63 bits per heavy atom. The summed E-state index contributed by atoms with van der Waals surface area (Å²) in [5, 5.41) is 14.6. The molecule has 160 valence electrons. The molecule has 6 nitrogen and oxygen atoms in total.